The molecule has 2 heterocycles. The van der Waals surface area contributed by atoms with Gasteiger partial charge in [-0.1, -0.05) is 16.2 Å². The second kappa shape index (κ2) is 12.7. The van der Waals surface area contributed by atoms with Crippen LogP contribution in [0.3, 0.4) is 0 Å². The van der Waals surface area contributed by atoms with Crippen LogP contribution in [-0.2, 0) is 5.60 Å². The molecule has 0 fully saturated rings. The Morgan fingerprint density at radius 1 is 1.21 bits per heavy atom. The largest absolute Gasteiger partial charge is 2.00 e. The van der Waals surface area contributed by atoms with E-state index in [9.17, 15) is 9.90 Å². The molecular formula is C14H15BrMgN4O4. The van der Waals surface area contributed by atoms with Gasteiger partial charge in [-0.2, -0.15) is 9.97 Å². The Labute approximate surface area is 166 Å². The number of aromatic nitrogens is 4. The predicted octanol–water partition coefficient (Wildman–Crippen LogP) is -2.37. The molecule has 0 aliphatic rings. The Balaban J connectivity index is -0.000000313. The zero-order valence-electron chi connectivity index (χ0n) is 13.7. The summed E-state index contributed by atoms with van der Waals surface area (Å²) < 4.78 is 9.18. The smallest absolute Gasteiger partial charge is 1.00 e. The third-order valence-electron chi connectivity index (χ3n) is 2.05. The van der Waals surface area contributed by atoms with Gasteiger partial charge in [-0.3, -0.25) is 4.79 Å². The van der Waals surface area contributed by atoms with Crippen LogP contribution in [-0.4, -0.2) is 54.2 Å². The van der Waals surface area contributed by atoms with E-state index in [0.717, 1.165) is 0 Å². The van der Waals surface area contributed by atoms with Gasteiger partial charge >= 0.3 is 23.1 Å². The number of hydrogen-bond acceptors (Lipinski definition) is 8. The first-order valence-corrected chi connectivity index (χ1v) is 5.87. The number of Topliss-reactive ketones (excluding diaryl/α,β-unsaturated/α-hetero) is 1. The van der Waals surface area contributed by atoms with Gasteiger partial charge in [0.25, 0.3) is 11.8 Å². The average molecular weight is 408 g/mol. The number of carbonyl (C=O) groups is 1. The summed E-state index contributed by atoms with van der Waals surface area (Å²) in [7, 11) is 0. The van der Waals surface area contributed by atoms with Gasteiger partial charge in [-0.05, 0) is 20.8 Å². The van der Waals surface area contributed by atoms with Gasteiger partial charge in [-0.25, -0.2) is 0 Å². The van der Waals surface area contributed by atoms with E-state index in [2.05, 4.69) is 41.7 Å². The van der Waals surface area contributed by atoms with Gasteiger partial charge in [0.15, 0.2) is 11.6 Å². The van der Waals surface area contributed by atoms with E-state index in [4.69, 9.17) is 12.8 Å². The maximum atomic E-state index is 10.5. The number of halogens is 1. The molecule has 0 aromatic carbocycles. The maximum Gasteiger partial charge on any atom is 2.00 e. The minimum atomic E-state index is -1.46. The molecule has 24 heavy (non-hydrogen) atoms. The van der Waals surface area contributed by atoms with Crippen LogP contribution in [0.5, 0.6) is 0 Å². The van der Waals surface area contributed by atoms with Crippen molar-refractivity contribution >= 4 is 28.8 Å². The number of rotatable bonds is 2. The van der Waals surface area contributed by atoms with Crippen molar-refractivity contribution < 1.29 is 35.9 Å². The molecule has 8 nitrogen and oxygen atoms in total. The molecule has 124 valence electrons. The van der Waals surface area contributed by atoms with Crippen LogP contribution in [0, 0.1) is 39.0 Å². The normalized spacial score (nSPS) is 10.8. The van der Waals surface area contributed by atoms with Gasteiger partial charge < -0.3 is 44.0 Å². The van der Waals surface area contributed by atoms with Gasteiger partial charge in [-0.15, -0.1) is 6.42 Å². The summed E-state index contributed by atoms with van der Waals surface area (Å²) in [6, 6.07) is 0. The molecule has 0 aliphatic heterocycles. The van der Waals surface area contributed by atoms with Gasteiger partial charge in [0, 0.05) is 6.92 Å². The van der Waals surface area contributed by atoms with Crippen molar-refractivity contribution in [3.05, 3.63) is 29.9 Å². The van der Waals surface area contributed by atoms with E-state index >= 15 is 0 Å². The Bertz CT molecular complexity index is 688. The summed E-state index contributed by atoms with van der Waals surface area (Å²) in [6.45, 7) is 6.11. The number of nitrogens with zero attached hydrogens (tertiary/aromatic N) is 4. The molecule has 0 saturated carbocycles. The van der Waals surface area contributed by atoms with Crippen molar-refractivity contribution in [2.24, 2.45) is 0 Å². The summed E-state index contributed by atoms with van der Waals surface area (Å²) in [5.74, 6) is 3.00. The summed E-state index contributed by atoms with van der Waals surface area (Å²) >= 11 is 0. The molecule has 1 atom stereocenters. The Morgan fingerprint density at radius 3 is 1.92 bits per heavy atom. The number of hydrogen-bond donors (Lipinski definition) is 1. The van der Waals surface area contributed by atoms with Crippen LogP contribution in [0.2, 0.25) is 0 Å². The molecule has 0 amide bonds. The van der Waals surface area contributed by atoms with Crippen molar-refractivity contribution in [1.29, 1.82) is 0 Å². The standard InChI is InChI=1S/C7H8N2O2.C5H6N2O2.C2H.BrH.Mg/c1-4-7(3,10)6-8-5(2)9-11-6;1-3(8)5-6-4(2)7-9-5;1-2;;/h1,10H,2-3H3;1-2H3;1H;1H;/q;;-1;;+2/p-1. The molecule has 1 unspecified atom stereocenters. The van der Waals surface area contributed by atoms with E-state index in [1.54, 1.807) is 13.8 Å². The third-order valence-corrected chi connectivity index (χ3v) is 2.05. The Kier molecular flexibility index (Phi) is 14.3. The van der Waals surface area contributed by atoms with Gasteiger partial charge in [0.05, 0.1) is 0 Å². The summed E-state index contributed by atoms with van der Waals surface area (Å²) in [5, 5.41) is 16.3. The average Bonchev–Trinajstić information content (AvgIpc) is 3.11. The molecule has 0 spiro atoms. The Hall–Kier alpha value is -1.72. The number of carbonyl (C=O) groups excluding carboxylic acids is 1. The minimum Gasteiger partial charge on any atom is -1.00 e. The van der Waals surface area contributed by atoms with E-state index in [1.165, 1.54) is 13.8 Å². The van der Waals surface area contributed by atoms with E-state index in [-0.39, 0.29) is 57.6 Å². The van der Waals surface area contributed by atoms with Gasteiger partial charge in [0.2, 0.25) is 11.4 Å². The first-order valence-electron chi connectivity index (χ1n) is 5.87. The zero-order valence-corrected chi connectivity index (χ0v) is 16.7. The molecule has 1 N–H and O–H groups in total. The minimum absolute atomic E-state index is 0. The van der Waals surface area contributed by atoms with Crippen LogP contribution >= 0.6 is 0 Å². The fourth-order valence-corrected chi connectivity index (χ4v) is 0.997. The summed E-state index contributed by atoms with van der Waals surface area (Å²) in [4.78, 5) is 17.9. The number of aliphatic hydroxyl groups is 1. The molecule has 2 aromatic rings. The molecule has 0 aliphatic carbocycles. The number of aryl methyl sites for hydroxylation is 2. The van der Waals surface area contributed by atoms with E-state index in [1.807, 2.05) is 0 Å². The Morgan fingerprint density at radius 2 is 1.67 bits per heavy atom. The molecule has 10 heteroatoms. The number of ketones is 1. The fraction of sp³-hybridized carbons (Fsp3) is 0.357. The van der Waals surface area contributed by atoms with Crippen LogP contribution in [0.4, 0.5) is 0 Å². The molecule has 0 radical (unpaired) electrons. The van der Waals surface area contributed by atoms with Gasteiger partial charge in [0.1, 0.15) is 0 Å². The third kappa shape index (κ3) is 8.79. The SMILES string of the molecule is C#CC(C)(O)c1nc(C)no1.CC(=O)c1nc(C)no1.[Br-].[C-]#C.[Mg+2]. The zero-order chi connectivity index (χ0) is 17.3. The van der Waals surface area contributed by atoms with Crippen molar-refractivity contribution in [1.82, 2.24) is 20.3 Å². The summed E-state index contributed by atoms with van der Waals surface area (Å²) in [6.07, 6.45) is 14.0. The van der Waals surface area contributed by atoms with Crippen molar-refractivity contribution in [2.75, 3.05) is 0 Å². The first kappa shape index (κ1) is 27.1. The van der Waals surface area contributed by atoms with E-state index in [0.29, 0.717) is 11.6 Å². The summed E-state index contributed by atoms with van der Waals surface area (Å²) in [5.41, 5.74) is -1.46. The van der Waals surface area contributed by atoms with E-state index < -0.39 is 5.60 Å². The number of terminal acetylenes is 2. The fourth-order valence-electron chi connectivity index (χ4n) is 0.997. The quantitative estimate of drug-likeness (QED) is 0.254. The molecule has 0 bridgehead atoms. The second-order valence-electron chi connectivity index (χ2n) is 4.07. The molecular weight excluding hydrogens is 392 g/mol. The second-order valence-corrected chi connectivity index (χ2v) is 4.07. The van der Waals surface area contributed by atoms with Crippen molar-refractivity contribution in [3.8, 4) is 18.8 Å². The monoisotopic (exact) mass is 406 g/mol. The van der Waals surface area contributed by atoms with Crippen molar-refractivity contribution in [3.63, 3.8) is 0 Å². The predicted molar refractivity (Wildman–Crippen MR) is 80.4 cm³/mol. The van der Waals surface area contributed by atoms with Crippen molar-refractivity contribution in [2.45, 2.75) is 33.3 Å². The molecule has 0 saturated heterocycles. The van der Waals surface area contributed by atoms with Crippen LogP contribution < -0.4 is 17.0 Å². The van der Waals surface area contributed by atoms with Crippen LogP contribution in [0.1, 0.15) is 42.1 Å². The molecule has 2 rings (SSSR count). The maximum absolute atomic E-state index is 10.5. The van der Waals surface area contributed by atoms with Crippen LogP contribution in [0.15, 0.2) is 9.05 Å². The van der Waals surface area contributed by atoms with Crippen LogP contribution in [0.25, 0.3) is 0 Å². The topological polar surface area (TPSA) is 115 Å². The molecule has 2 aromatic heterocycles. The first-order chi connectivity index (χ1) is 10.3.